The summed E-state index contributed by atoms with van der Waals surface area (Å²) in [5.41, 5.74) is 7.87. The average molecular weight is 295 g/mol. The van der Waals surface area contributed by atoms with Gasteiger partial charge in [0, 0.05) is 26.4 Å². The first kappa shape index (κ1) is 12.7. The molecule has 2 aromatic heterocycles. The maximum Gasteiger partial charge on any atom is 0.0393 e. The zero-order chi connectivity index (χ0) is 12.4. The van der Waals surface area contributed by atoms with Crippen molar-refractivity contribution >= 4 is 34.4 Å². The van der Waals surface area contributed by atoms with Crippen LogP contribution in [0.4, 0.5) is 0 Å². The Kier molecular flexibility index (Phi) is 4.09. The summed E-state index contributed by atoms with van der Waals surface area (Å²) in [5.74, 6) is 2.46. The standard InChI is InChI=1S/C14H17NS3/c15-12(4-3-11-2-1-6-17-11)14-8-10-9-16-7-5-13(10)18-14/h1-2,6,8,12H,3-5,7,9,15H2. The molecule has 1 atom stereocenters. The predicted molar refractivity (Wildman–Crippen MR) is 83.8 cm³/mol. The second kappa shape index (κ2) is 5.78. The van der Waals surface area contributed by atoms with Crippen molar-refractivity contribution in [1.29, 1.82) is 0 Å². The molecule has 2 N–H and O–H groups in total. The van der Waals surface area contributed by atoms with Gasteiger partial charge < -0.3 is 5.73 Å². The summed E-state index contributed by atoms with van der Waals surface area (Å²) >= 11 is 5.82. The second-order valence-corrected chi connectivity index (χ2v) is 7.93. The highest BCUT2D eigenvalue weighted by molar-refractivity contribution is 7.98. The molecule has 0 amide bonds. The van der Waals surface area contributed by atoms with Crippen LogP contribution in [0.2, 0.25) is 0 Å². The Balaban J connectivity index is 1.64. The van der Waals surface area contributed by atoms with Crippen molar-refractivity contribution in [2.24, 2.45) is 5.73 Å². The SMILES string of the molecule is NC(CCc1cccs1)c1cc2c(s1)CCSC2. The van der Waals surface area contributed by atoms with E-state index in [1.807, 2.05) is 34.4 Å². The van der Waals surface area contributed by atoms with Crippen LogP contribution in [-0.4, -0.2) is 5.75 Å². The van der Waals surface area contributed by atoms with Gasteiger partial charge in [-0.25, -0.2) is 0 Å². The fraction of sp³-hybridized carbons (Fsp3) is 0.429. The molecule has 1 unspecified atom stereocenters. The molecule has 1 nitrogen and oxygen atoms in total. The molecule has 0 bridgehead atoms. The zero-order valence-electron chi connectivity index (χ0n) is 10.2. The van der Waals surface area contributed by atoms with Crippen LogP contribution in [0.1, 0.15) is 32.7 Å². The van der Waals surface area contributed by atoms with E-state index in [1.165, 1.54) is 33.2 Å². The van der Waals surface area contributed by atoms with E-state index >= 15 is 0 Å². The molecule has 0 saturated heterocycles. The third-order valence-electron chi connectivity index (χ3n) is 3.29. The number of hydrogen-bond donors (Lipinski definition) is 1. The lowest BCUT2D eigenvalue weighted by Crippen LogP contribution is -2.09. The predicted octanol–water partition coefficient (Wildman–Crippen LogP) is 4.23. The van der Waals surface area contributed by atoms with Crippen molar-refractivity contribution in [2.75, 3.05) is 5.75 Å². The molecule has 3 heterocycles. The summed E-state index contributed by atoms with van der Waals surface area (Å²) in [5, 5.41) is 2.14. The molecule has 4 heteroatoms. The molecular weight excluding hydrogens is 278 g/mol. The first-order chi connectivity index (χ1) is 8.83. The van der Waals surface area contributed by atoms with Gasteiger partial charge in [0.05, 0.1) is 0 Å². The smallest absolute Gasteiger partial charge is 0.0393 e. The lowest BCUT2D eigenvalue weighted by atomic mass is 10.1. The Morgan fingerprint density at radius 3 is 3.11 bits per heavy atom. The van der Waals surface area contributed by atoms with Gasteiger partial charge in [-0.05, 0) is 48.1 Å². The molecule has 0 radical (unpaired) electrons. The molecule has 96 valence electrons. The van der Waals surface area contributed by atoms with Gasteiger partial charge in [0.2, 0.25) is 0 Å². The zero-order valence-corrected chi connectivity index (χ0v) is 12.7. The largest absolute Gasteiger partial charge is 0.323 e. The van der Waals surface area contributed by atoms with Crippen molar-refractivity contribution in [3.63, 3.8) is 0 Å². The molecule has 18 heavy (non-hydrogen) atoms. The lowest BCUT2D eigenvalue weighted by molar-refractivity contribution is 0.666. The Morgan fingerprint density at radius 1 is 1.39 bits per heavy atom. The molecule has 0 saturated carbocycles. The number of fused-ring (bicyclic) bond motifs is 1. The molecule has 0 aromatic carbocycles. The first-order valence-corrected chi connectivity index (χ1v) is 9.15. The maximum absolute atomic E-state index is 6.33. The van der Waals surface area contributed by atoms with Crippen molar-refractivity contribution in [1.82, 2.24) is 0 Å². The first-order valence-electron chi connectivity index (χ1n) is 6.30. The topological polar surface area (TPSA) is 26.0 Å². The van der Waals surface area contributed by atoms with Gasteiger partial charge in [0.1, 0.15) is 0 Å². The highest BCUT2D eigenvalue weighted by Crippen LogP contribution is 2.35. The van der Waals surface area contributed by atoms with Gasteiger partial charge in [0.25, 0.3) is 0 Å². The molecule has 3 rings (SSSR count). The van der Waals surface area contributed by atoms with E-state index in [4.69, 9.17) is 5.73 Å². The van der Waals surface area contributed by atoms with E-state index < -0.39 is 0 Å². The fourth-order valence-corrected chi connectivity index (χ4v) is 5.38. The molecule has 0 aliphatic carbocycles. The Morgan fingerprint density at radius 2 is 2.33 bits per heavy atom. The summed E-state index contributed by atoms with van der Waals surface area (Å²) in [6, 6.07) is 6.89. The highest BCUT2D eigenvalue weighted by Gasteiger charge is 2.17. The molecule has 0 fully saturated rings. The lowest BCUT2D eigenvalue weighted by Gasteiger charge is -2.08. The molecular formula is C14H17NS3. The van der Waals surface area contributed by atoms with Crippen molar-refractivity contribution in [3.8, 4) is 0 Å². The van der Waals surface area contributed by atoms with Crippen LogP contribution < -0.4 is 5.73 Å². The Labute approximate surface area is 120 Å². The number of rotatable bonds is 4. The van der Waals surface area contributed by atoms with Gasteiger partial charge in [-0.15, -0.1) is 22.7 Å². The Hall–Kier alpha value is -0.290. The minimum absolute atomic E-state index is 0.215. The van der Waals surface area contributed by atoms with Crippen molar-refractivity contribution in [3.05, 3.63) is 43.8 Å². The minimum atomic E-state index is 0.215. The second-order valence-electron chi connectivity index (χ2n) is 4.62. The number of nitrogens with two attached hydrogens (primary N) is 1. The van der Waals surface area contributed by atoms with Gasteiger partial charge in [-0.3, -0.25) is 0 Å². The van der Waals surface area contributed by atoms with Crippen LogP contribution >= 0.6 is 34.4 Å². The minimum Gasteiger partial charge on any atom is -0.323 e. The molecule has 1 aliphatic heterocycles. The van der Waals surface area contributed by atoms with E-state index in [-0.39, 0.29) is 6.04 Å². The van der Waals surface area contributed by atoms with Crippen LogP contribution in [0.3, 0.4) is 0 Å². The van der Waals surface area contributed by atoms with Crippen LogP contribution in [0.15, 0.2) is 23.6 Å². The van der Waals surface area contributed by atoms with E-state index in [0.717, 1.165) is 12.8 Å². The summed E-state index contributed by atoms with van der Waals surface area (Å²) in [6.45, 7) is 0. The van der Waals surface area contributed by atoms with E-state index in [0.29, 0.717) is 0 Å². The quantitative estimate of drug-likeness (QED) is 0.913. The number of thiophene rings is 2. The van der Waals surface area contributed by atoms with Gasteiger partial charge >= 0.3 is 0 Å². The molecule has 0 spiro atoms. The number of aryl methyl sites for hydroxylation is 2. The van der Waals surface area contributed by atoms with Gasteiger partial charge in [-0.1, -0.05) is 6.07 Å². The molecule has 1 aliphatic rings. The van der Waals surface area contributed by atoms with Crippen LogP contribution in [0.25, 0.3) is 0 Å². The average Bonchev–Trinajstić information content (AvgIpc) is 3.04. The van der Waals surface area contributed by atoms with E-state index in [9.17, 15) is 0 Å². The third-order valence-corrected chi connectivity index (χ3v) is 6.61. The number of thioether (sulfide) groups is 1. The van der Waals surface area contributed by atoms with Crippen LogP contribution in [0, 0.1) is 0 Å². The highest BCUT2D eigenvalue weighted by atomic mass is 32.2. The van der Waals surface area contributed by atoms with Gasteiger partial charge in [0.15, 0.2) is 0 Å². The monoisotopic (exact) mass is 295 g/mol. The summed E-state index contributed by atoms with van der Waals surface area (Å²) < 4.78 is 0. The summed E-state index contributed by atoms with van der Waals surface area (Å²) in [6.07, 6.45) is 3.41. The van der Waals surface area contributed by atoms with Crippen molar-refractivity contribution < 1.29 is 0 Å². The van der Waals surface area contributed by atoms with E-state index in [2.05, 4.69) is 23.6 Å². The molecule has 2 aromatic rings. The van der Waals surface area contributed by atoms with E-state index in [1.54, 1.807) is 4.88 Å². The maximum atomic E-state index is 6.33. The normalized spacial score (nSPS) is 16.5. The van der Waals surface area contributed by atoms with Crippen LogP contribution in [0.5, 0.6) is 0 Å². The van der Waals surface area contributed by atoms with Crippen molar-refractivity contribution in [2.45, 2.75) is 31.1 Å². The van der Waals surface area contributed by atoms with Crippen LogP contribution in [-0.2, 0) is 18.6 Å². The summed E-state index contributed by atoms with van der Waals surface area (Å²) in [4.78, 5) is 4.41. The van der Waals surface area contributed by atoms with Gasteiger partial charge in [-0.2, -0.15) is 11.8 Å². The third kappa shape index (κ3) is 2.82. The fourth-order valence-electron chi connectivity index (χ4n) is 2.25. The number of hydrogen-bond acceptors (Lipinski definition) is 4. The Bertz CT molecular complexity index is 478. The summed E-state index contributed by atoms with van der Waals surface area (Å²) in [7, 11) is 0.